The van der Waals surface area contributed by atoms with Gasteiger partial charge in [-0.05, 0) is 50.3 Å². The average Bonchev–Trinajstić information content (AvgIpc) is 3.52. The second-order valence-corrected chi connectivity index (χ2v) is 10.2. The smallest absolute Gasteiger partial charge is 0.305 e. The first-order valence-electron chi connectivity index (χ1n) is 11.6. The van der Waals surface area contributed by atoms with Gasteiger partial charge in [-0.3, -0.25) is 24.5 Å². The summed E-state index contributed by atoms with van der Waals surface area (Å²) in [7, 11) is 0. The Balaban J connectivity index is 1.55. The van der Waals surface area contributed by atoms with Crippen molar-refractivity contribution in [2.24, 2.45) is 5.92 Å². The number of thiophene rings is 1. The first-order valence-corrected chi connectivity index (χ1v) is 12.4. The number of hydrogen-bond acceptors (Lipinski definition) is 7. The van der Waals surface area contributed by atoms with Crippen molar-refractivity contribution in [2.45, 2.75) is 51.2 Å². The molecule has 0 bridgehead atoms. The standard InChI is InChI=1S/C24H28N4O6S/c1-14-13-27(24(32)16-5-6-16)15(2)12-26(14)19-8-7-17(10-20(19)28(33)34)23(31)25-18(11-22(29)30)21-4-3-9-35-21/h3-4,7-10,14-16,18H,5-6,11-13H2,1-2H3,(H,25,31)(H,29,30). The summed E-state index contributed by atoms with van der Waals surface area (Å²) >= 11 is 1.33. The van der Waals surface area contributed by atoms with Gasteiger partial charge >= 0.3 is 5.97 Å². The van der Waals surface area contributed by atoms with Gasteiger partial charge < -0.3 is 20.2 Å². The molecule has 0 radical (unpaired) electrons. The molecule has 10 nitrogen and oxygen atoms in total. The molecule has 1 saturated carbocycles. The van der Waals surface area contributed by atoms with Crippen LogP contribution in [0.1, 0.15) is 54.4 Å². The van der Waals surface area contributed by atoms with E-state index < -0.39 is 22.8 Å². The maximum atomic E-state index is 12.9. The molecule has 2 aliphatic rings. The van der Waals surface area contributed by atoms with Gasteiger partial charge in [0.25, 0.3) is 11.6 Å². The molecule has 186 valence electrons. The average molecular weight is 501 g/mol. The molecule has 35 heavy (non-hydrogen) atoms. The first-order chi connectivity index (χ1) is 16.7. The number of carbonyl (C=O) groups is 3. The molecule has 4 rings (SSSR count). The number of rotatable bonds is 8. The fraction of sp³-hybridized carbons (Fsp3) is 0.458. The van der Waals surface area contributed by atoms with Crippen LogP contribution in [-0.2, 0) is 9.59 Å². The maximum absolute atomic E-state index is 12.9. The number of nitrogens with one attached hydrogen (secondary N) is 1. The number of benzene rings is 1. The van der Waals surface area contributed by atoms with Crippen LogP contribution < -0.4 is 10.2 Å². The molecule has 1 aromatic carbocycles. The zero-order chi connectivity index (χ0) is 25.3. The molecule has 2 fully saturated rings. The minimum absolute atomic E-state index is 0.0793. The SMILES string of the molecule is CC1CN(c2ccc(C(=O)NC(CC(=O)O)c3cccs3)cc2[N+](=O)[O-])C(C)CN1C(=O)C1CC1. The molecular weight excluding hydrogens is 472 g/mol. The van der Waals surface area contributed by atoms with Crippen LogP contribution in [0.5, 0.6) is 0 Å². The highest BCUT2D eigenvalue weighted by Gasteiger charge is 2.40. The number of carboxylic acids is 1. The summed E-state index contributed by atoms with van der Waals surface area (Å²) in [5.41, 5.74) is 0.269. The summed E-state index contributed by atoms with van der Waals surface area (Å²) in [5.74, 6) is -1.37. The molecule has 2 N–H and O–H groups in total. The summed E-state index contributed by atoms with van der Waals surface area (Å²) in [6.07, 6.45) is 1.55. The second-order valence-electron chi connectivity index (χ2n) is 9.22. The Morgan fingerprint density at radius 2 is 1.94 bits per heavy atom. The Hall–Kier alpha value is -3.47. The van der Waals surface area contributed by atoms with Gasteiger partial charge in [-0.15, -0.1) is 11.3 Å². The van der Waals surface area contributed by atoms with Crippen LogP contribution >= 0.6 is 11.3 Å². The summed E-state index contributed by atoms with van der Waals surface area (Å²) in [4.78, 5) is 52.7. The zero-order valence-corrected chi connectivity index (χ0v) is 20.4. The molecule has 3 unspecified atom stereocenters. The fourth-order valence-electron chi connectivity index (χ4n) is 4.52. The molecule has 2 heterocycles. The van der Waals surface area contributed by atoms with E-state index in [0.29, 0.717) is 23.7 Å². The van der Waals surface area contributed by atoms with Crippen LogP contribution in [-0.4, -0.2) is 57.9 Å². The predicted molar refractivity (Wildman–Crippen MR) is 131 cm³/mol. The lowest BCUT2D eigenvalue weighted by Crippen LogP contribution is -2.58. The third-order valence-electron chi connectivity index (χ3n) is 6.51. The van der Waals surface area contributed by atoms with Crippen molar-refractivity contribution >= 4 is 40.5 Å². The van der Waals surface area contributed by atoms with Gasteiger partial charge in [0, 0.05) is 47.6 Å². The first kappa shape index (κ1) is 24.6. The van der Waals surface area contributed by atoms with Gasteiger partial charge in [-0.25, -0.2) is 0 Å². The van der Waals surface area contributed by atoms with E-state index in [1.807, 2.05) is 23.6 Å². The predicted octanol–water partition coefficient (Wildman–Crippen LogP) is 3.44. The summed E-state index contributed by atoms with van der Waals surface area (Å²) in [6, 6.07) is 6.85. The minimum Gasteiger partial charge on any atom is -0.481 e. The lowest BCUT2D eigenvalue weighted by molar-refractivity contribution is -0.384. The molecular formula is C24H28N4O6S. The van der Waals surface area contributed by atoms with Crippen molar-refractivity contribution in [2.75, 3.05) is 18.0 Å². The Labute approximate surface area is 206 Å². The van der Waals surface area contributed by atoms with Crippen molar-refractivity contribution in [3.8, 4) is 0 Å². The van der Waals surface area contributed by atoms with E-state index in [-0.39, 0.29) is 41.6 Å². The highest BCUT2D eigenvalue weighted by atomic mass is 32.1. The third-order valence-corrected chi connectivity index (χ3v) is 7.50. The molecule has 1 aliphatic heterocycles. The van der Waals surface area contributed by atoms with E-state index in [2.05, 4.69) is 5.32 Å². The Bertz CT molecular complexity index is 1130. The molecule has 11 heteroatoms. The molecule has 3 atom stereocenters. The highest BCUT2D eigenvalue weighted by Crippen LogP contribution is 2.36. The van der Waals surface area contributed by atoms with Crippen molar-refractivity contribution in [1.82, 2.24) is 10.2 Å². The number of carbonyl (C=O) groups excluding carboxylic acids is 2. The van der Waals surface area contributed by atoms with E-state index >= 15 is 0 Å². The largest absolute Gasteiger partial charge is 0.481 e. The topological polar surface area (TPSA) is 133 Å². The number of aliphatic carboxylic acids is 1. The van der Waals surface area contributed by atoms with Crippen LogP contribution in [0.3, 0.4) is 0 Å². The zero-order valence-electron chi connectivity index (χ0n) is 19.5. The van der Waals surface area contributed by atoms with E-state index in [1.165, 1.54) is 23.5 Å². The molecule has 1 aromatic heterocycles. The fourth-order valence-corrected chi connectivity index (χ4v) is 5.29. The lowest BCUT2D eigenvalue weighted by atomic mass is 10.0. The maximum Gasteiger partial charge on any atom is 0.305 e. The Kier molecular flexibility index (Phi) is 7.06. The van der Waals surface area contributed by atoms with Gasteiger partial charge in [0.15, 0.2) is 0 Å². The van der Waals surface area contributed by atoms with Gasteiger partial charge in [-0.2, -0.15) is 0 Å². The quantitative estimate of drug-likeness (QED) is 0.419. The number of nitrogens with zero attached hydrogens (tertiary/aromatic N) is 3. The number of hydrogen-bond donors (Lipinski definition) is 2. The van der Waals surface area contributed by atoms with Crippen LogP contribution in [0.2, 0.25) is 0 Å². The minimum atomic E-state index is -1.06. The normalized spacial score (nSPS) is 20.9. The number of carboxylic acid groups (broad SMARTS) is 1. The van der Waals surface area contributed by atoms with Crippen molar-refractivity contribution < 1.29 is 24.4 Å². The summed E-state index contributed by atoms with van der Waals surface area (Å²) in [5, 5.41) is 25.7. The lowest BCUT2D eigenvalue weighted by Gasteiger charge is -2.45. The van der Waals surface area contributed by atoms with Crippen molar-refractivity contribution in [3.05, 3.63) is 56.3 Å². The highest BCUT2D eigenvalue weighted by molar-refractivity contribution is 7.10. The molecule has 0 spiro atoms. The van der Waals surface area contributed by atoms with Crippen LogP contribution in [0.25, 0.3) is 0 Å². The van der Waals surface area contributed by atoms with Crippen molar-refractivity contribution in [1.29, 1.82) is 0 Å². The van der Waals surface area contributed by atoms with Crippen LogP contribution in [0, 0.1) is 16.0 Å². The van der Waals surface area contributed by atoms with Crippen molar-refractivity contribution in [3.63, 3.8) is 0 Å². The van der Waals surface area contributed by atoms with Gasteiger partial charge in [0.2, 0.25) is 5.91 Å². The van der Waals surface area contributed by atoms with E-state index in [0.717, 1.165) is 12.8 Å². The summed E-state index contributed by atoms with van der Waals surface area (Å²) < 4.78 is 0. The van der Waals surface area contributed by atoms with Gasteiger partial charge in [0.05, 0.1) is 17.4 Å². The second kappa shape index (κ2) is 10.0. The van der Waals surface area contributed by atoms with E-state index in [1.54, 1.807) is 23.6 Å². The number of nitro benzene ring substituents is 1. The number of nitro groups is 1. The Morgan fingerprint density at radius 3 is 2.54 bits per heavy atom. The van der Waals surface area contributed by atoms with E-state index in [4.69, 9.17) is 0 Å². The number of anilines is 1. The Morgan fingerprint density at radius 1 is 1.20 bits per heavy atom. The van der Waals surface area contributed by atoms with Crippen LogP contribution in [0.15, 0.2) is 35.7 Å². The molecule has 1 saturated heterocycles. The number of piperazine rings is 1. The van der Waals surface area contributed by atoms with Crippen LogP contribution in [0.4, 0.5) is 11.4 Å². The molecule has 1 aliphatic carbocycles. The monoisotopic (exact) mass is 500 g/mol. The molecule has 2 amide bonds. The summed E-state index contributed by atoms with van der Waals surface area (Å²) in [6.45, 7) is 4.81. The third kappa shape index (κ3) is 5.45. The van der Waals surface area contributed by atoms with Gasteiger partial charge in [0.1, 0.15) is 5.69 Å². The number of amides is 2. The molecule has 2 aromatic rings. The van der Waals surface area contributed by atoms with Gasteiger partial charge in [-0.1, -0.05) is 6.07 Å². The van der Waals surface area contributed by atoms with E-state index in [9.17, 15) is 29.6 Å².